The van der Waals surface area contributed by atoms with Crippen LogP contribution in [0.3, 0.4) is 0 Å². The van der Waals surface area contributed by atoms with Gasteiger partial charge in [-0.2, -0.15) is 13.2 Å². The number of hydrogen-bond donors (Lipinski definition) is 3. The number of carboxylic acid groups (broad SMARTS) is 1. The number of nitrogens with two attached hydrogens (primary N) is 1. The van der Waals surface area contributed by atoms with Crippen LogP contribution in [0, 0.1) is 5.82 Å². The molecule has 0 aliphatic carbocycles. The van der Waals surface area contributed by atoms with Crippen molar-refractivity contribution in [2.24, 2.45) is 5.73 Å². The van der Waals surface area contributed by atoms with E-state index in [1.807, 2.05) is 0 Å². The number of rotatable bonds is 2. The highest BCUT2D eigenvalue weighted by Gasteiger charge is 2.41. The summed E-state index contributed by atoms with van der Waals surface area (Å²) >= 11 is 0. The second-order valence-electron chi connectivity index (χ2n) is 3.18. The standard InChI is InChI=1S/C9H7F4NO3/c10-4-2-1-3(8(16)17)6(15)5(4)7(14)9(11,12)13/h1-2,7,15H,14H2,(H,16,17)/t7-/m0/s1. The number of hydrogen-bond acceptors (Lipinski definition) is 3. The second-order valence-corrected chi connectivity index (χ2v) is 3.18. The Hall–Kier alpha value is -1.83. The van der Waals surface area contributed by atoms with E-state index in [0.717, 1.165) is 0 Å². The monoisotopic (exact) mass is 253 g/mol. The fourth-order valence-corrected chi connectivity index (χ4v) is 1.22. The van der Waals surface area contributed by atoms with Crippen molar-refractivity contribution < 1.29 is 32.6 Å². The van der Waals surface area contributed by atoms with Crippen LogP contribution in [0.15, 0.2) is 12.1 Å². The maximum Gasteiger partial charge on any atom is 0.407 e. The molecule has 1 aromatic rings. The van der Waals surface area contributed by atoms with Crippen LogP contribution < -0.4 is 5.73 Å². The molecule has 0 unspecified atom stereocenters. The lowest BCUT2D eigenvalue weighted by Gasteiger charge is -2.18. The Morgan fingerprint density at radius 3 is 2.29 bits per heavy atom. The van der Waals surface area contributed by atoms with Gasteiger partial charge in [0.1, 0.15) is 23.2 Å². The number of aromatic carboxylic acids is 1. The normalized spacial score (nSPS) is 13.5. The Bertz CT molecular complexity index is 458. The van der Waals surface area contributed by atoms with Crippen molar-refractivity contribution in [3.05, 3.63) is 29.1 Å². The zero-order valence-corrected chi connectivity index (χ0v) is 8.12. The van der Waals surface area contributed by atoms with Gasteiger partial charge in [0, 0.05) is 0 Å². The molecule has 0 aromatic heterocycles. The third-order valence-corrected chi connectivity index (χ3v) is 2.06. The van der Waals surface area contributed by atoms with E-state index in [1.165, 1.54) is 0 Å². The van der Waals surface area contributed by atoms with Crippen molar-refractivity contribution >= 4 is 5.97 Å². The van der Waals surface area contributed by atoms with Gasteiger partial charge >= 0.3 is 12.1 Å². The lowest BCUT2D eigenvalue weighted by molar-refractivity contribution is -0.150. The summed E-state index contributed by atoms with van der Waals surface area (Å²) in [5, 5.41) is 17.8. The van der Waals surface area contributed by atoms with E-state index in [2.05, 4.69) is 0 Å². The largest absolute Gasteiger partial charge is 0.507 e. The zero-order valence-electron chi connectivity index (χ0n) is 8.12. The van der Waals surface area contributed by atoms with Crippen molar-refractivity contribution in [3.63, 3.8) is 0 Å². The van der Waals surface area contributed by atoms with Crippen LogP contribution >= 0.6 is 0 Å². The molecule has 8 heteroatoms. The molecule has 4 nitrogen and oxygen atoms in total. The van der Waals surface area contributed by atoms with Crippen molar-refractivity contribution in [1.82, 2.24) is 0 Å². The molecule has 4 N–H and O–H groups in total. The van der Waals surface area contributed by atoms with Gasteiger partial charge in [0.2, 0.25) is 0 Å². The number of halogens is 4. The quantitative estimate of drug-likeness (QED) is 0.701. The van der Waals surface area contributed by atoms with Crippen LogP contribution in [0.25, 0.3) is 0 Å². The summed E-state index contributed by atoms with van der Waals surface area (Å²) in [6, 6.07) is -1.63. The second kappa shape index (κ2) is 4.21. The Balaban J connectivity index is 3.42. The minimum absolute atomic E-state index is 0.504. The summed E-state index contributed by atoms with van der Waals surface area (Å²) in [7, 11) is 0. The van der Waals surface area contributed by atoms with Crippen LogP contribution in [0.2, 0.25) is 0 Å². The zero-order chi connectivity index (χ0) is 13.4. The molecule has 0 radical (unpaired) electrons. The van der Waals surface area contributed by atoms with Gasteiger partial charge < -0.3 is 15.9 Å². The lowest BCUT2D eigenvalue weighted by atomic mass is 10.0. The molecule has 0 amide bonds. The smallest absolute Gasteiger partial charge is 0.407 e. The number of benzene rings is 1. The summed E-state index contributed by atoms with van der Waals surface area (Å²) in [6.07, 6.45) is -4.99. The third kappa shape index (κ3) is 2.47. The van der Waals surface area contributed by atoms with E-state index in [9.17, 15) is 27.5 Å². The number of alkyl halides is 3. The van der Waals surface area contributed by atoms with E-state index in [-0.39, 0.29) is 0 Å². The molecule has 0 saturated carbocycles. The molecule has 0 heterocycles. The molecule has 94 valence electrons. The molecule has 17 heavy (non-hydrogen) atoms. The predicted molar refractivity (Wildman–Crippen MR) is 48.0 cm³/mol. The average Bonchev–Trinajstić information content (AvgIpc) is 2.15. The molecule has 0 bridgehead atoms. The van der Waals surface area contributed by atoms with Crippen LogP contribution in [-0.2, 0) is 0 Å². The molecule has 1 aromatic carbocycles. The van der Waals surface area contributed by atoms with Crippen molar-refractivity contribution in [2.45, 2.75) is 12.2 Å². The molecule has 1 atom stereocenters. The minimum Gasteiger partial charge on any atom is -0.507 e. The van der Waals surface area contributed by atoms with E-state index in [1.54, 1.807) is 0 Å². The molecule has 0 aliphatic heterocycles. The van der Waals surface area contributed by atoms with Crippen molar-refractivity contribution in [2.75, 3.05) is 0 Å². The van der Waals surface area contributed by atoms with Gasteiger partial charge in [0.05, 0.1) is 5.56 Å². The van der Waals surface area contributed by atoms with E-state index in [4.69, 9.17) is 10.8 Å². The van der Waals surface area contributed by atoms with Gasteiger partial charge in [-0.25, -0.2) is 9.18 Å². The first-order chi connectivity index (χ1) is 7.66. The topological polar surface area (TPSA) is 83.6 Å². The Morgan fingerprint density at radius 1 is 1.35 bits per heavy atom. The molecule has 1 rings (SSSR count). The van der Waals surface area contributed by atoms with Gasteiger partial charge in [-0.05, 0) is 12.1 Å². The molecular formula is C9H7F4NO3. The van der Waals surface area contributed by atoms with E-state index >= 15 is 0 Å². The van der Waals surface area contributed by atoms with E-state index in [0.29, 0.717) is 12.1 Å². The number of carboxylic acids is 1. The highest BCUT2D eigenvalue weighted by molar-refractivity contribution is 5.91. The van der Waals surface area contributed by atoms with E-state index < -0.39 is 40.9 Å². The third-order valence-electron chi connectivity index (χ3n) is 2.06. The Morgan fingerprint density at radius 2 is 1.88 bits per heavy atom. The summed E-state index contributed by atoms with van der Waals surface area (Å²) in [5.74, 6) is -4.42. The fraction of sp³-hybridized carbons (Fsp3) is 0.222. The molecule has 0 spiro atoms. The van der Waals surface area contributed by atoms with Crippen LogP contribution in [-0.4, -0.2) is 22.4 Å². The first-order valence-electron chi connectivity index (χ1n) is 4.23. The number of carbonyl (C=O) groups is 1. The van der Waals surface area contributed by atoms with Gasteiger partial charge in [0.25, 0.3) is 0 Å². The highest BCUT2D eigenvalue weighted by Crippen LogP contribution is 2.38. The van der Waals surface area contributed by atoms with Crippen molar-refractivity contribution in [1.29, 1.82) is 0 Å². The van der Waals surface area contributed by atoms with Gasteiger partial charge in [-0.3, -0.25) is 0 Å². The molecular weight excluding hydrogens is 246 g/mol. The van der Waals surface area contributed by atoms with Crippen molar-refractivity contribution in [3.8, 4) is 5.75 Å². The number of phenols is 1. The lowest BCUT2D eigenvalue weighted by Crippen LogP contribution is -2.29. The van der Waals surface area contributed by atoms with Gasteiger partial charge in [0.15, 0.2) is 0 Å². The van der Waals surface area contributed by atoms with Crippen LogP contribution in [0.5, 0.6) is 5.75 Å². The summed E-state index contributed by atoms with van der Waals surface area (Å²) in [4.78, 5) is 10.6. The van der Waals surface area contributed by atoms with Crippen LogP contribution in [0.4, 0.5) is 17.6 Å². The molecule has 0 aliphatic rings. The average molecular weight is 253 g/mol. The first-order valence-corrected chi connectivity index (χ1v) is 4.23. The number of aromatic hydroxyl groups is 1. The predicted octanol–water partition coefficient (Wildman–Crippen LogP) is 1.79. The minimum atomic E-state index is -4.99. The SMILES string of the molecule is N[C@@H](c1c(F)ccc(C(=O)O)c1O)C(F)(F)F. The highest BCUT2D eigenvalue weighted by atomic mass is 19.4. The van der Waals surface area contributed by atoms with Gasteiger partial charge in [-0.15, -0.1) is 0 Å². The maximum atomic E-state index is 13.1. The summed E-state index contributed by atoms with van der Waals surface area (Å²) in [6.45, 7) is 0. The fourth-order valence-electron chi connectivity index (χ4n) is 1.22. The Kier molecular flexibility index (Phi) is 3.28. The van der Waals surface area contributed by atoms with Crippen LogP contribution in [0.1, 0.15) is 22.0 Å². The summed E-state index contributed by atoms with van der Waals surface area (Å²) < 4.78 is 50.0. The first kappa shape index (κ1) is 13.2. The summed E-state index contributed by atoms with van der Waals surface area (Å²) in [5.41, 5.74) is 2.60. The van der Waals surface area contributed by atoms with Gasteiger partial charge in [-0.1, -0.05) is 0 Å². The maximum absolute atomic E-state index is 13.1. The molecule has 0 fully saturated rings. The Labute approximate surface area is 92.3 Å². The molecule has 0 saturated heterocycles.